The van der Waals surface area contributed by atoms with Gasteiger partial charge in [-0.3, -0.25) is 4.79 Å². The van der Waals surface area contributed by atoms with Crippen LogP contribution in [0.25, 0.3) is 0 Å². The zero-order valence-electron chi connectivity index (χ0n) is 10.9. The lowest BCUT2D eigenvalue weighted by molar-refractivity contribution is 0.903. The Kier molecular flexibility index (Phi) is 3.07. The van der Waals surface area contributed by atoms with Crippen LogP contribution in [0.15, 0.2) is 35.1 Å². The standard InChI is InChI=1S/C15H17N3O/c1-10-2-4-11(5-3-10)9-16-13-8-14(19)18-15(17-13)12-6-7-12/h2-5,8,12H,6-7,9H2,1H3,(H2,16,17,18,19). The summed E-state index contributed by atoms with van der Waals surface area (Å²) < 4.78 is 0. The lowest BCUT2D eigenvalue weighted by Gasteiger charge is -2.07. The van der Waals surface area contributed by atoms with Crippen LogP contribution in [0, 0.1) is 6.92 Å². The minimum atomic E-state index is -0.0803. The topological polar surface area (TPSA) is 57.8 Å². The number of aryl methyl sites for hydroxylation is 1. The van der Waals surface area contributed by atoms with Gasteiger partial charge in [0.1, 0.15) is 11.6 Å². The van der Waals surface area contributed by atoms with Crippen molar-refractivity contribution in [3.63, 3.8) is 0 Å². The number of H-pyrrole nitrogens is 1. The molecule has 0 saturated heterocycles. The maximum absolute atomic E-state index is 11.6. The summed E-state index contributed by atoms with van der Waals surface area (Å²) in [7, 11) is 0. The normalized spacial score (nSPS) is 14.4. The van der Waals surface area contributed by atoms with Gasteiger partial charge in [0.25, 0.3) is 5.56 Å². The van der Waals surface area contributed by atoms with Gasteiger partial charge in [-0.2, -0.15) is 0 Å². The summed E-state index contributed by atoms with van der Waals surface area (Å²) in [5, 5.41) is 3.21. The second-order valence-electron chi connectivity index (χ2n) is 5.13. The molecule has 0 spiro atoms. The van der Waals surface area contributed by atoms with Crippen LogP contribution in [0.4, 0.5) is 5.82 Å². The third kappa shape index (κ3) is 3.02. The van der Waals surface area contributed by atoms with Crippen LogP contribution in [0.1, 0.15) is 35.7 Å². The Morgan fingerprint density at radius 1 is 1.32 bits per heavy atom. The monoisotopic (exact) mass is 255 g/mol. The van der Waals surface area contributed by atoms with Crippen LogP contribution < -0.4 is 10.9 Å². The average molecular weight is 255 g/mol. The van der Waals surface area contributed by atoms with Gasteiger partial charge in [-0.1, -0.05) is 29.8 Å². The van der Waals surface area contributed by atoms with Gasteiger partial charge >= 0.3 is 0 Å². The zero-order valence-corrected chi connectivity index (χ0v) is 10.9. The molecule has 4 nitrogen and oxygen atoms in total. The second kappa shape index (κ2) is 4.88. The average Bonchev–Trinajstić information content (AvgIpc) is 3.22. The third-order valence-corrected chi connectivity index (χ3v) is 3.32. The molecule has 2 N–H and O–H groups in total. The van der Waals surface area contributed by atoms with Crippen molar-refractivity contribution in [2.75, 3.05) is 5.32 Å². The predicted octanol–water partition coefficient (Wildman–Crippen LogP) is 2.57. The number of anilines is 1. The molecule has 3 rings (SSSR count). The van der Waals surface area contributed by atoms with Crippen LogP contribution in [-0.2, 0) is 6.54 Å². The molecule has 1 saturated carbocycles. The summed E-state index contributed by atoms with van der Waals surface area (Å²) in [4.78, 5) is 18.8. The number of aromatic nitrogens is 2. The lowest BCUT2D eigenvalue weighted by atomic mass is 10.1. The Morgan fingerprint density at radius 2 is 2.05 bits per heavy atom. The molecule has 0 radical (unpaired) electrons. The highest BCUT2D eigenvalue weighted by Gasteiger charge is 2.26. The molecule has 4 heteroatoms. The van der Waals surface area contributed by atoms with Gasteiger partial charge in [0.2, 0.25) is 0 Å². The summed E-state index contributed by atoms with van der Waals surface area (Å²) in [5.41, 5.74) is 2.35. The molecule has 0 amide bonds. The van der Waals surface area contributed by atoms with Gasteiger partial charge in [0.15, 0.2) is 0 Å². The molecular formula is C15H17N3O. The highest BCUT2D eigenvalue weighted by atomic mass is 16.1. The number of rotatable bonds is 4. The first kappa shape index (κ1) is 12.0. The van der Waals surface area contributed by atoms with Gasteiger partial charge in [-0.15, -0.1) is 0 Å². The summed E-state index contributed by atoms with van der Waals surface area (Å²) in [6.45, 7) is 2.75. The van der Waals surface area contributed by atoms with E-state index in [4.69, 9.17) is 0 Å². The lowest BCUT2D eigenvalue weighted by Crippen LogP contribution is -2.13. The summed E-state index contributed by atoms with van der Waals surface area (Å²) >= 11 is 0. The Bertz CT molecular complexity index is 627. The Morgan fingerprint density at radius 3 is 2.74 bits per heavy atom. The van der Waals surface area contributed by atoms with E-state index < -0.39 is 0 Å². The third-order valence-electron chi connectivity index (χ3n) is 3.32. The first-order valence-corrected chi connectivity index (χ1v) is 6.61. The van der Waals surface area contributed by atoms with Crippen molar-refractivity contribution in [1.82, 2.24) is 9.97 Å². The fourth-order valence-corrected chi connectivity index (χ4v) is 2.02. The highest BCUT2D eigenvalue weighted by Crippen LogP contribution is 2.37. The number of hydrogen-bond acceptors (Lipinski definition) is 3. The van der Waals surface area contributed by atoms with Gasteiger partial charge < -0.3 is 10.3 Å². The van der Waals surface area contributed by atoms with Crippen molar-refractivity contribution < 1.29 is 0 Å². The Hall–Kier alpha value is -2.10. The van der Waals surface area contributed by atoms with Crippen molar-refractivity contribution in [2.24, 2.45) is 0 Å². The molecule has 1 aromatic carbocycles. The van der Waals surface area contributed by atoms with E-state index in [-0.39, 0.29) is 5.56 Å². The van der Waals surface area contributed by atoms with E-state index in [0.717, 1.165) is 18.7 Å². The maximum atomic E-state index is 11.6. The van der Waals surface area contributed by atoms with Crippen molar-refractivity contribution in [1.29, 1.82) is 0 Å². The van der Waals surface area contributed by atoms with Crippen molar-refractivity contribution in [3.05, 3.63) is 57.6 Å². The smallest absolute Gasteiger partial charge is 0.252 e. The number of benzene rings is 1. The quantitative estimate of drug-likeness (QED) is 0.882. The second-order valence-corrected chi connectivity index (χ2v) is 5.13. The molecule has 19 heavy (non-hydrogen) atoms. The van der Waals surface area contributed by atoms with E-state index in [1.807, 2.05) is 0 Å². The number of hydrogen-bond donors (Lipinski definition) is 2. The Balaban J connectivity index is 1.72. The summed E-state index contributed by atoms with van der Waals surface area (Å²) in [6.07, 6.45) is 2.26. The van der Waals surface area contributed by atoms with Gasteiger partial charge in [-0.25, -0.2) is 4.98 Å². The van der Waals surface area contributed by atoms with E-state index in [0.29, 0.717) is 18.3 Å². The molecule has 98 valence electrons. The molecule has 0 unspecified atom stereocenters. The predicted molar refractivity (Wildman–Crippen MR) is 75.3 cm³/mol. The van der Waals surface area contributed by atoms with Crippen molar-refractivity contribution in [3.8, 4) is 0 Å². The molecule has 1 heterocycles. The molecule has 1 aliphatic carbocycles. The van der Waals surface area contributed by atoms with Crippen molar-refractivity contribution >= 4 is 5.82 Å². The first-order valence-electron chi connectivity index (χ1n) is 6.61. The molecule has 1 aliphatic rings. The van der Waals surface area contributed by atoms with E-state index in [2.05, 4.69) is 46.5 Å². The molecule has 1 aromatic heterocycles. The SMILES string of the molecule is Cc1ccc(CNc2cc(=O)[nH]c(C3CC3)n2)cc1. The molecule has 0 aliphatic heterocycles. The zero-order chi connectivity index (χ0) is 13.2. The van der Waals surface area contributed by atoms with Gasteiger partial charge in [0.05, 0.1) is 0 Å². The van der Waals surface area contributed by atoms with Crippen molar-refractivity contribution in [2.45, 2.75) is 32.2 Å². The van der Waals surface area contributed by atoms with Crippen LogP contribution in [0.3, 0.4) is 0 Å². The van der Waals surface area contributed by atoms with E-state index in [1.165, 1.54) is 17.2 Å². The van der Waals surface area contributed by atoms with Gasteiger partial charge in [0, 0.05) is 18.5 Å². The largest absolute Gasteiger partial charge is 0.366 e. The van der Waals surface area contributed by atoms with Crippen LogP contribution >= 0.6 is 0 Å². The molecular weight excluding hydrogens is 238 g/mol. The van der Waals surface area contributed by atoms with E-state index in [1.54, 1.807) is 0 Å². The Labute approximate surface area is 111 Å². The summed E-state index contributed by atoms with van der Waals surface area (Å²) in [6, 6.07) is 9.84. The minimum Gasteiger partial charge on any atom is -0.366 e. The molecule has 0 bridgehead atoms. The number of nitrogens with zero attached hydrogens (tertiary/aromatic N) is 1. The highest BCUT2D eigenvalue weighted by molar-refractivity contribution is 5.35. The molecule has 2 aromatic rings. The number of aromatic amines is 1. The van der Waals surface area contributed by atoms with Crippen LogP contribution in [0.2, 0.25) is 0 Å². The molecule has 0 atom stereocenters. The number of nitrogens with one attached hydrogen (secondary N) is 2. The fraction of sp³-hybridized carbons (Fsp3) is 0.333. The van der Waals surface area contributed by atoms with E-state index in [9.17, 15) is 4.79 Å². The van der Waals surface area contributed by atoms with Gasteiger partial charge in [-0.05, 0) is 25.3 Å². The summed E-state index contributed by atoms with van der Waals surface area (Å²) in [5.74, 6) is 1.93. The minimum absolute atomic E-state index is 0.0803. The maximum Gasteiger partial charge on any atom is 0.252 e. The first-order chi connectivity index (χ1) is 9.20. The van der Waals surface area contributed by atoms with Crippen LogP contribution in [0.5, 0.6) is 0 Å². The van der Waals surface area contributed by atoms with E-state index >= 15 is 0 Å². The van der Waals surface area contributed by atoms with Crippen LogP contribution in [-0.4, -0.2) is 9.97 Å². The fourth-order valence-electron chi connectivity index (χ4n) is 2.02. The molecule has 1 fully saturated rings.